The highest BCUT2D eigenvalue weighted by Gasteiger charge is 2.56. The van der Waals surface area contributed by atoms with E-state index in [1.807, 2.05) is 13.0 Å². The minimum absolute atomic E-state index is 0.00197. The molecule has 2 aliphatic rings. The molecule has 0 aromatic rings. The van der Waals surface area contributed by atoms with Gasteiger partial charge in [0, 0.05) is 36.8 Å². The van der Waals surface area contributed by atoms with Crippen molar-refractivity contribution < 1.29 is 15.0 Å². The molecule has 1 saturated carbocycles. The van der Waals surface area contributed by atoms with E-state index in [1.54, 1.807) is 13.0 Å². The van der Waals surface area contributed by atoms with Crippen molar-refractivity contribution in [2.75, 3.05) is 0 Å². The molecule has 0 radical (unpaired) electrons. The molecular weight excluding hydrogens is 360 g/mol. The molecule has 0 spiro atoms. The van der Waals surface area contributed by atoms with E-state index >= 15 is 0 Å². The number of nitrogens with zero attached hydrogens (tertiary/aromatic N) is 2. The number of hydrogen-bond acceptors (Lipinski definition) is 5. The van der Waals surface area contributed by atoms with Gasteiger partial charge in [0.2, 0.25) is 0 Å². The van der Waals surface area contributed by atoms with Crippen molar-refractivity contribution in [3.05, 3.63) is 12.2 Å². The molecule has 6 atom stereocenters. The van der Waals surface area contributed by atoms with Crippen LogP contribution in [0.15, 0.2) is 17.1 Å². The largest absolute Gasteiger partial charge is 0.392 e. The fourth-order valence-electron chi connectivity index (χ4n) is 4.04. The van der Waals surface area contributed by atoms with Crippen LogP contribution in [0.1, 0.15) is 52.4 Å². The first kappa shape index (κ1) is 21.7. The first-order valence-electron chi connectivity index (χ1n) is 9.47. The van der Waals surface area contributed by atoms with Gasteiger partial charge in [0.15, 0.2) is 10.7 Å². The Hall–Kier alpha value is -1.60. The van der Waals surface area contributed by atoms with Crippen LogP contribution in [0.2, 0.25) is 0 Å². The fourth-order valence-corrected chi connectivity index (χ4v) is 4.20. The Morgan fingerprint density at radius 1 is 1.56 bits per heavy atom. The standard InChI is InChI=1S/C21H28N2O3S/c1-3-4-6-14(2)18(24)10-9-16-17-11-15(7-5-8-20(26)27)23-21(17,13-22)12-19(16)25/h9-10,14,16-19,24-25H,5-8,11-12H2,1-2H3,(H,26,27)/b10-9+. The second-order valence-corrected chi connectivity index (χ2v) is 8.10. The van der Waals surface area contributed by atoms with E-state index in [-0.39, 0.29) is 22.9 Å². The quantitative estimate of drug-likeness (QED) is 0.339. The van der Waals surface area contributed by atoms with Crippen molar-refractivity contribution in [3.8, 4) is 17.9 Å². The summed E-state index contributed by atoms with van der Waals surface area (Å²) in [6, 6.07) is 2.32. The topological polar surface area (TPSA) is 93.7 Å². The van der Waals surface area contributed by atoms with E-state index in [1.165, 1.54) is 0 Å². The van der Waals surface area contributed by atoms with Gasteiger partial charge in [-0.25, -0.2) is 0 Å². The van der Waals surface area contributed by atoms with E-state index in [0.29, 0.717) is 38.5 Å². The van der Waals surface area contributed by atoms with Crippen LogP contribution in [0.3, 0.4) is 0 Å². The van der Waals surface area contributed by atoms with Crippen molar-refractivity contribution in [1.29, 1.82) is 5.26 Å². The van der Waals surface area contributed by atoms with Crippen molar-refractivity contribution >= 4 is 23.5 Å². The summed E-state index contributed by atoms with van der Waals surface area (Å²) in [4.78, 5) is 15.6. The van der Waals surface area contributed by atoms with Gasteiger partial charge in [-0.1, -0.05) is 19.1 Å². The predicted octanol–water partition coefficient (Wildman–Crippen LogP) is 2.68. The average molecular weight is 389 g/mol. The van der Waals surface area contributed by atoms with Crippen molar-refractivity contribution in [1.82, 2.24) is 0 Å². The maximum Gasteiger partial charge on any atom is 0.185 e. The summed E-state index contributed by atoms with van der Waals surface area (Å²) in [7, 11) is 0. The van der Waals surface area contributed by atoms with Crippen LogP contribution in [0.4, 0.5) is 0 Å². The predicted molar refractivity (Wildman–Crippen MR) is 108 cm³/mol. The van der Waals surface area contributed by atoms with Crippen LogP contribution in [0.5, 0.6) is 0 Å². The second-order valence-electron chi connectivity index (χ2n) is 7.60. The van der Waals surface area contributed by atoms with Gasteiger partial charge < -0.3 is 10.2 Å². The first-order valence-corrected chi connectivity index (χ1v) is 9.92. The van der Waals surface area contributed by atoms with Gasteiger partial charge in [0.05, 0.1) is 18.3 Å². The van der Waals surface area contributed by atoms with Crippen molar-refractivity contribution in [3.63, 3.8) is 0 Å². The third-order valence-corrected chi connectivity index (χ3v) is 5.84. The zero-order valence-corrected chi connectivity index (χ0v) is 16.8. The summed E-state index contributed by atoms with van der Waals surface area (Å²) in [6.07, 6.45) is 5.60. The summed E-state index contributed by atoms with van der Waals surface area (Å²) >= 11 is 3.78. The van der Waals surface area contributed by atoms with Gasteiger partial charge in [-0.3, -0.25) is 9.79 Å². The Morgan fingerprint density at radius 2 is 2.30 bits per heavy atom. The highest BCUT2D eigenvalue weighted by atomic mass is 32.1. The number of carbonyl (C=O) groups is 1. The van der Waals surface area contributed by atoms with Gasteiger partial charge in [-0.2, -0.15) is 5.26 Å². The number of hydrogen-bond donors (Lipinski definition) is 3. The maximum atomic E-state index is 11.0. The number of rotatable bonds is 8. The van der Waals surface area contributed by atoms with Crippen molar-refractivity contribution in [2.24, 2.45) is 22.7 Å². The maximum absolute atomic E-state index is 11.0. The third kappa shape index (κ3) is 5.23. The van der Waals surface area contributed by atoms with Crippen molar-refractivity contribution in [2.45, 2.75) is 70.1 Å². The van der Waals surface area contributed by atoms with E-state index in [0.717, 1.165) is 5.71 Å². The fraction of sp³-hybridized carbons (Fsp3) is 0.667. The SMILES string of the molecule is CC#CCC(C)C(O)/C=C/C1C(O)CC2(C#N)N=C(CCCC(=O)S)CC12. The van der Waals surface area contributed by atoms with E-state index < -0.39 is 17.7 Å². The molecule has 146 valence electrons. The number of aliphatic hydroxyl groups is 2. The summed E-state index contributed by atoms with van der Waals surface area (Å²) in [5, 5.41) is 30.4. The number of fused-ring (bicyclic) bond motifs is 1. The van der Waals surface area contributed by atoms with Crippen LogP contribution in [0.25, 0.3) is 0 Å². The smallest absolute Gasteiger partial charge is 0.185 e. The number of aliphatic hydroxyl groups excluding tert-OH is 2. The van der Waals surface area contributed by atoms with Gasteiger partial charge in [-0.15, -0.1) is 24.5 Å². The van der Waals surface area contributed by atoms with E-state index in [4.69, 9.17) is 0 Å². The Balaban J connectivity index is 2.06. The zero-order valence-electron chi connectivity index (χ0n) is 15.9. The normalized spacial score (nSPS) is 31.6. The summed E-state index contributed by atoms with van der Waals surface area (Å²) in [6.45, 7) is 3.71. The summed E-state index contributed by atoms with van der Waals surface area (Å²) < 4.78 is 0. The van der Waals surface area contributed by atoms with Gasteiger partial charge in [-0.05, 0) is 32.1 Å². The lowest BCUT2D eigenvalue weighted by molar-refractivity contribution is -0.110. The van der Waals surface area contributed by atoms with E-state index in [2.05, 4.69) is 35.5 Å². The molecule has 2 N–H and O–H groups in total. The number of carbonyl (C=O) groups excluding carboxylic acids is 1. The first-order chi connectivity index (χ1) is 12.8. The Kier molecular flexibility index (Phi) is 7.68. The van der Waals surface area contributed by atoms with Crippen LogP contribution in [0, 0.1) is 40.9 Å². The molecule has 0 aromatic heterocycles. The second kappa shape index (κ2) is 9.55. The lowest BCUT2D eigenvalue weighted by Gasteiger charge is -2.21. The lowest BCUT2D eigenvalue weighted by Crippen LogP contribution is -2.27. The molecular formula is C21H28N2O3S. The minimum Gasteiger partial charge on any atom is -0.392 e. The van der Waals surface area contributed by atoms with Crippen LogP contribution < -0.4 is 0 Å². The molecule has 0 saturated heterocycles. The van der Waals surface area contributed by atoms with Crippen LogP contribution >= 0.6 is 12.6 Å². The third-order valence-electron chi connectivity index (χ3n) is 5.62. The molecule has 0 amide bonds. The highest BCUT2D eigenvalue weighted by molar-refractivity contribution is 7.96. The van der Waals surface area contributed by atoms with E-state index in [9.17, 15) is 20.3 Å². The van der Waals surface area contributed by atoms with Crippen LogP contribution in [-0.2, 0) is 4.79 Å². The Labute approximate surface area is 167 Å². The number of thiol groups is 1. The molecule has 6 unspecified atom stereocenters. The van der Waals surface area contributed by atoms with Gasteiger partial charge in [0.25, 0.3) is 0 Å². The molecule has 1 fully saturated rings. The van der Waals surface area contributed by atoms with Crippen LogP contribution in [-0.4, -0.2) is 38.8 Å². The molecule has 6 heteroatoms. The molecule has 0 aromatic carbocycles. The minimum atomic E-state index is -0.890. The Morgan fingerprint density at radius 3 is 2.93 bits per heavy atom. The summed E-state index contributed by atoms with van der Waals surface area (Å²) in [5.41, 5.74) is 0.0486. The monoisotopic (exact) mass is 388 g/mol. The molecule has 27 heavy (non-hydrogen) atoms. The molecule has 0 bridgehead atoms. The molecule has 1 aliphatic carbocycles. The van der Waals surface area contributed by atoms with Gasteiger partial charge >= 0.3 is 0 Å². The molecule has 2 rings (SSSR count). The molecule has 1 aliphatic heterocycles. The van der Waals surface area contributed by atoms with Gasteiger partial charge in [0.1, 0.15) is 0 Å². The molecule has 5 nitrogen and oxygen atoms in total. The number of aliphatic imine (C=N–C) groups is 1. The molecule has 1 heterocycles. The number of nitriles is 1. The zero-order chi connectivity index (χ0) is 20.0. The lowest BCUT2D eigenvalue weighted by atomic mass is 9.82. The average Bonchev–Trinajstić information content (AvgIpc) is 3.09. The Bertz CT molecular complexity index is 715. The summed E-state index contributed by atoms with van der Waals surface area (Å²) in [5.74, 6) is 5.49. The highest BCUT2D eigenvalue weighted by Crippen LogP contribution is 2.49.